The molecule has 0 fully saturated rings. The van der Waals surface area contributed by atoms with Gasteiger partial charge in [-0.15, -0.1) is 0 Å². The summed E-state index contributed by atoms with van der Waals surface area (Å²) in [7, 11) is -1.15. The SMILES string of the molecule is CNC(=O)[C@H](C)N(Cc1ccc(Br)cc1)C(=O)CN(c1cccc(OC)c1)S(=O)(=O)c1ccccc1. The van der Waals surface area contributed by atoms with Crippen LogP contribution in [0.5, 0.6) is 5.75 Å². The Kier molecular flexibility index (Phi) is 9.11. The van der Waals surface area contributed by atoms with Crippen molar-refractivity contribution in [2.24, 2.45) is 0 Å². The van der Waals surface area contributed by atoms with Gasteiger partial charge >= 0.3 is 0 Å². The van der Waals surface area contributed by atoms with E-state index in [4.69, 9.17) is 4.74 Å². The predicted octanol–water partition coefficient (Wildman–Crippen LogP) is 3.82. The number of hydrogen-bond donors (Lipinski definition) is 1. The number of hydrogen-bond acceptors (Lipinski definition) is 5. The molecule has 0 aromatic heterocycles. The van der Waals surface area contributed by atoms with Gasteiger partial charge in [-0.25, -0.2) is 8.42 Å². The smallest absolute Gasteiger partial charge is 0.264 e. The predicted molar refractivity (Wildman–Crippen MR) is 142 cm³/mol. The van der Waals surface area contributed by atoms with Crippen LogP contribution in [0.3, 0.4) is 0 Å². The summed E-state index contributed by atoms with van der Waals surface area (Å²) in [4.78, 5) is 27.6. The molecule has 36 heavy (non-hydrogen) atoms. The summed E-state index contributed by atoms with van der Waals surface area (Å²) in [5.74, 6) is -0.450. The molecule has 3 aromatic rings. The normalized spacial score (nSPS) is 11.9. The number of ether oxygens (including phenoxy) is 1. The van der Waals surface area contributed by atoms with Crippen LogP contribution in [-0.4, -0.2) is 51.9 Å². The van der Waals surface area contributed by atoms with E-state index in [0.29, 0.717) is 5.75 Å². The van der Waals surface area contributed by atoms with Crippen molar-refractivity contribution >= 4 is 43.5 Å². The van der Waals surface area contributed by atoms with Crippen molar-refractivity contribution in [1.82, 2.24) is 10.2 Å². The summed E-state index contributed by atoms with van der Waals surface area (Å²) in [5, 5.41) is 2.56. The summed E-state index contributed by atoms with van der Waals surface area (Å²) >= 11 is 3.39. The summed E-state index contributed by atoms with van der Waals surface area (Å²) in [5.41, 5.74) is 1.06. The zero-order valence-corrected chi connectivity index (χ0v) is 22.6. The van der Waals surface area contributed by atoms with Crippen molar-refractivity contribution in [1.29, 1.82) is 0 Å². The molecule has 0 spiro atoms. The van der Waals surface area contributed by atoms with Crippen LogP contribution in [0.25, 0.3) is 0 Å². The van der Waals surface area contributed by atoms with Gasteiger partial charge in [0.25, 0.3) is 10.0 Å². The average Bonchev–Trinajstić information content (AvgIpc) is 2.90. The van der Waals surface area contributed by atoms with Gasteiger partial charge in [-0.3, -0.25) is 13.9 Å². The highest BCUT2D eigenvalue weighted by Gasteiger charge is 2.32. The van der Waals surface area contributed by atoms with Crippen molar-refractivity contribution in [3.63, 3.8) is 0 Å². The second kappa shape index (κ2) is 12.0. The highest BCUT2D eigenvalue weighted by Crippen LogP contribution is 2.27. The number of carbonyl (C=O) groups is 2. The number of halogens is 1. The summed E-state index contributed by atoms with van der Waals surface area (Å²) in [6.45, 7) is 1.22. The van der Waals surface area contributed by atoms with Crippen molar-refractivity contribution in [3.8, 4) is 5.75 Å². The van der Waals surface area contributed by atoms with Crippen LogP contribution < -0.4 is 14.4 Å². The van der Waals surface area contributed by atoms with Gasteiger partial charge in [0.15, 0.2) is 0 Å². The third-order valence-electron chi connectivity index (χ3n) is 5.63. The van der Waals surface area contributed by atoms with Gasteiger partial charge in [-0.1, -0.05) is 52.3 Å². The molecule has 0 saturated heterocycles. The Morgan fingerprint density at radius 1 is 1.00 bits per heavy atom. The molecule has 0 aliphatic carbocycles. The Labute approximate surface area is 220 Å². The third-order valence-corrected chi connectivity index (χ3v) is 7.95. The van der Waals surface area contributed by atoms with Crippen molar-refractivity contribution in [2.45, 2.75) is 24.4 Å². The molecular weight excluding hydrogens is 546 g/mol. The molecule has 1 atom stereocenters. The number of rotatable bonds is 10. The number of methoxy groups -OCH3 is 1. The lowest BCUT2D eigenvalue weighted by Gasteiger charge is -2.31. The summed E-state index contributed by atoms with van der Waals surface area (Å²) < 4.78 is 34.5. The van der Waals surface area contributed by atoms with E-state index in [9.17, 15) is 18.0 Å². The lowest BCUT2D eigenvalue weighted by atomic mass is 10.1. The fourth-order valence-corrected chi connectivity index (χ4v) is 5.28. The molecule has 0 bridgehead atoms. The van der Waals surface area contributed by atoms with Crippen LogP contribution >= 0.6 is 15.9 Å². The zero-order valence-electron chi connectivity index (χ0n) is 20.2. The summed E-state index contributed by atoms with van der Waals surface area (Å²) in [6.07, 6.45) is 0. The molecule has 0 heterocycles. The van der Waals surface area contributed by atoms with Crippen LogP contribution in [0.4, 0.5) is 5.69 Å². The number of amides is 2. The van der Waals surface area contributed by atoms with Crippen LogP contribution in [0.15, 0.2) is 88.2 Å². The highest BCUT2D eigenvalue weighted by atomic mass is 79.9. The van der Waals surface area contributed by atoms with E-state index in [1.54, 1.807) is 49.4 Å². The number of nitrogens with one attached hydrogen (secondary N) is 1. The number of nitrogens with zero attached hydrogens (tertiary/aromatic N) is 2. The molecular formula is C26H28BrN3O5S. The second-order valence-electron chi connectivity index (χ2n) is 7.96. The first-order valence-electron chi connectivity index (χ1n) is 11.1. The van der Waals surface area contributed by atoms with Gasteiger partial charge in [0.05, 0.1) is 17.7 Å². The number of likely N-dealkylation sites (N-methyl/N-ethyl adjacent to an activating group) is 1. The monoisotopic (exact) mass is 573 g/mol. The quantitative estimate of drug-likeness (QED) is 0.398. The third kappa shape index (κ3) is 6.44. The van der Waals surface area contributed by atoms with Crippen LogP contribution in [0.2, 0.25) is 0 Å². The first-order chi connectivity index (χ1) is 17.2. The van der Waals surface area contributed by atoms with E-state index in [1.807, 2.05) is 24.3 Å². The van der Waals surface area contributed by atoms with E-state index in [-0.39, 0.29) is 23.0 Å². The standard InChI is InChI=1S/C26H28BrN3O5S/c1-19(26(32)28-2)29(17-20-12-14-21(27)15-13-20)25(31)18-30(22-8-7-9-23(16-22)35-3)36(33,34)24-10-5-4-6-11-24/h4-16,19H,17-18H2,1-3H3,(H,28,32)/t19-/m0/s1. The molecule has 3 rings (SSSR count). The van der Waals surface area contributed by atoms with E-state index >= 15 is 0 Å². The number of carbonyl (C=O) groups excluding carboxylic acids is 2. The molecule has 0 aliphatic rings. The fourth-order valence-electron chi connectivity index (χ4n) is 3.59. The van der Waals surface area contributed by atoms with Crippen molar-refractivity contribution in [2.75, 3.05) is 25.0 Å². The van der Waals surface area contributed by atoms with Crippen LogP contribution in [-0.2, 0) is 26.2 Å². The highest BCUT2D eigenvalue weighted by molar-refractivity contribution is 9.10. The lowest BCUT2D eigenvalue weighted by molar-refractivity contribution is -0.139. The van der Waals surface area contributed by atoms with Crippen molar-refractivity contribution < 1.29 is 22.7 Å². The number of anilines is 1. The first-order valence-corrected chi connectivity index (χ1v) is 13.4. The Morgan fingerprint density at radius 3 is 2.28 bits per heavy atom. The fraction of sp³-hybridized carbons (Fsp3) is 0.231. The molecule has 2 amide bonds. The topological polar surface area (TPSA) is 96.0 Å². The maximum Gasteiger partial charge on any atom is 0.264 e. The largest absolute Gasteiger partial charge is 0.497 e. The van der Waals surface area contributed by atoms with E-state index < -0.39 is 28.5 Å². The van der Waals surface area contributed by atoms with E-state index in [2.05, 4.69) is 21.2 Å². The Hall–Kier alpha value is -3.37. The molecule has 3 aromatic carbocycles. The average molecular weight is 574 g/mol. The second-order valence-corrected chi connectivity index (χ2v) is 10.7. The molecule has 0 unspecified atom stereocenters. The van der Waals surface area contributed by atoms with Crippen LogP contribution in [0, 0.1) is 0 Å². The maximum atomic E-state index is 13.7. The molecule has 0 aliphatic heterocycles. The van der Waals surface area contributed by atoms with Gasteiger partial charge in [0, 0.05) is 24.1 Å². The molecule has 190 valence electrons. The van der Waals surface area contributed by atoms with E-state index in [0.717, 1.165) is 14.3 Å². The minimum atomic E-state index is -4.11. The molecule has 0 radical (unpaired) electrons. The lowest BCUT2D eigenvalue weighted by Crippen LogP contribution is -2.50. The van der Waals surface area contributed by atoms with Gasteiger partial charge in [-0.2, -0.15) is 0 Å². The molecule has 10 heteroatoms. The van der Waals surface area contributed by atoms with Crippen LogP contribution in [0.1, 0.15) is 12.5 Å². The van der Waals surface area contributed by atoms with Gasteiger partial charge in [0.2, 0.25) is 11.8 Å². The van der Waals surface area contributed by atoms with Gasteiger partial charge < -0.3 is 15.0 Å². The summed E-state index contributed by atoms with van der Waals surface area (Å²) in [6, 6.07) is 20.9. The van der Waals surface area contributed by atoms with Gasteiger partial charge in [-0.05, 0) is 48.9 Å². The van der Waals surface area contributed by atoms with Gasteiger partial charge in [0.1, 0.15) is 18.3 Å². The molecule has 0 saturated carbocycles. The minimum Gasteiger partial charge on any atom is -0.497 e. The Balaban J connectivity index is 2.03. The number of sulfonamides is 1. The Bertz CT molecular complexity index is 1300. The molecule has 1 N–H and O–H groups in total. The number of benzene rings is 3. The van der Waals surface area contributed by atoms with E-state index in [1.165, 1.54) is 31.2 Å². The first kappa shape index (κ1) is 27.2. The Morgan fingerprint density at radius 2 is 1.67 bits per heavy atom. The maximum absolute atomic E-state index is 13.7. The molecule has 8 nitrogen and oxygen atoms in total. The zero-order chi connectivity index (χ0) is 26.3. The minimum absolute atomic E-state index is 0.0411. The van der Waals surface area contributed by atoms with Crippen molar-refractivity contribution in [3.05, 3.63) is 88.9 Å².